The fourth-order valence-electron chi connectivity index (χ4n) is 3.23. The van der Waals surface area contributed by atoms with Gasteiger partial charge < -0.3 is 10.2 Å². The summed E-state index contributed by atoms with van der Waals surface area (Å²) in [5, 5.41) is 0.946. The molecule has 4 aromatic rings. The zero-order valence-corrected chi connectivity index (χ0v) is 14.4. The predicted octanol–water partition coefficient (Wildman–Crippen LogP) is 4.34. The molecule has 0 amide bonds. The standard InChI is InChI=1S/C22H18N2O2/c1-14-19-6-5-17(16-7-9-24-10-8-16)13-21(19)26-22(25)20(14)12-15-3-2-4-18(23)11-15/h2-11,13H,12,23H2,1H3. The Morgan fingerprint density at radius 3 is 2.58 bits per heavy atom. The van der Waals surface area contributed by atoms with E-state index in [1.54, 1.807) is 12.4 Å². The molecular weight excluding hydrogens is 324 g/mol. The second-order valence-corrected chi connectivity index (χ2v) is 6.36. The average Bonchev–Trinajstić information content (AvgIpc) is 2.65. The Balaban J connectivity index is 1.81. The van der Waals surface area contributed by atoms with Gasteiger partial charge in [-0.1, -0.05) is 24.3 Å². The van der Waals surface area contributed by atoms with Crippen molar-refractivity contribution in [3.8, 4) is 11.1 Å². The van der Waals surface area contributed by atoms with Crippen molar-refractivity contribution in [3.63, 3.8) is 0 Å². The average molecular weight is 342 g/mol. The first-order valence-corrected chi connectivity index (χ1v) is 8.43. The summed E-state index contributed by atoms with van der Waals surface area (Å²) >= 11 is 0. The molecule has 4 nitrogen and oxygen atoms in total. The number of nitrogens with two attached hydrogens (primary N) is 1. The predicted molar refractivity (Wildman–Crippen MR) is 104 cm³/mol. The number of nitrogen functional groups attached to an aromatic ring is 1. The van der Waals surface area contributed by atoms with Crippen LogP contribution in [0.3, 0.4) is 0 Å². The van der Waals surface area contributed by atoms with E-state index in [1.807, 2.05) is 61.5 Å². The molecule has 0 spiro atoms. The number of fused-ring (bicyclic) bond motifs is 1. The molecule has 4 rings (SSSR count). The van der Waals surface area contributed by atoms with Gasteiger partial charge in [-0.25, -0.2) is 4.79 Å². The summed E-state index contributed by atoms with van der Waals surface area (Å²) in [6, 6.07) is 17.4. The number of hydrogen-bond acceptors (Lipinski definition) is 4. The van der Waals surface area contributed by atoms with Crippen molar-refractivity contribution in [2.24, 2.45) is 0 Å². The maximum Gasteiger partial charge on any atom is 0.340 e. The van der Waals surface area contributed by atoms with Crippen LogP contribution in [0.2, 0.25) is 0 Å². The third-order valence-corrected chi connectivity index (χ3v) is 4.63. The first kappa shape index (κ1) is 16.1. The van der Waals surface area contributed by atoms with E-state index in [0.29, 0.717) is 23.3 Å². The fourth-order valence-corrected chi connectivity index (χ4v) is 3.23. The van der Waals surface area contributed by atoms with Crippen LogP contribution in [0.25, 0.3) is 22.1 Å². The summed E-state index contributed by atoms with van der Waals surface area (Å²) in [6.07, 6.45) is 3.99. The smallest absolute Gasteiger partial charge is 0.340 e. The molecule has 0 atom stereocenters. The van der Waals surface area contributed by atoms with E-state index in [1.165, 1.54) is 0 Å². The topological polar surface area (TPSA) is 69.1 Å². The fraction of sp³-hybridized carbons (Fsp3) is 0.0909. The normalized spacial score (nSPS) is 11.0. The summed E-state index contributed by atoms with van der Waals surface area (Å²) in [5.41, 5.74) is 11.5. The van der Waals surface area contributed by atoms with Crippen LogP contribution in [0.1, 0.15) is 16.7 Å². The van der Waals surface area contributed by atoms with Gasteiger partial charge in [0.05, 0.1) is 0 Å². The Labute approximate surface area is 150 Å². The summed E-state index contributed by atoms with van der Waals surface area (Å²) in [4.78, 5) is 16.6. The molecule has 128 valence electrons. The van der Waals surface area contributed by atoms with E-state index in [0.717, 1.165) is 27.6 Å². The molecule has 2 aromatic carbocycles. The lowest BCUT2D eigenvalue weighted by Gasteiger charge is -2.10. The summed E-state index contributed by atoms with van der Waals surface area (Å²) < 4.78 is 5.64. The van der Waals surface area contributed by atoms with Crippen LogP contribution >= 0.6 is 0 Å². The van der Waals surface area contributed by atoms with Crippen molar-refractivity contribution < 1.29 is 4.42 Å². The summed E-state index contributed by atoms with van der Waals surface area (Å²) in [7, 11) is 0. The van der Waals surface area contributed by atoms with Gasteiger partial charge in [0.25, 0.3) is 0 Å². The quantitative estimate of drug-likeness (QED) is 0.444. The van der Waals surface area contributed by atoms with E-state index in [9.17, 15) is 4.79 Å². The zero-order chi connectivity index (χ0) is 18.1. The van der Waals surface area contributed by atoms with Gasteiger partial charge in [0.1, 0.15) is 5.58 Å². The molecule has 0 aliphatic carbocycles. The lowest BCUT2D eigenvalue weighted by atomic mass is 9.98. The molecule has 0 unspecified atom stereocenters. The Morgan fingerprint density at radius 2 is 1.81 bits per heavy atom. The van der Waals surface area contributed by atoms with Crippen molar-refractivity contribution in [1.82, 2.24) is 4.98 Å². The minimum atomic E-state index is -0.302. The van der Waals surface area contributed by atoms with Gasteiger partial charge in [0.2, 0.25) is 0 Å². The van der Waals surface area contributed by atoms with Gasteiger partial charge in [-0.2, -0.15) is 0 Å². The van der Waals surface area contributed by atoms with Crippen LogP contribution in [-0.2, 0) is 6.42 Å². The van der Waals surface area contributed by atoms with Gasteiger partial charge >= 0.3 is 5.63 Å². The molecule has 4 heteroatoms. The monoisotopic (exact) mass is 342 g/mol. The highest BCUT2D eigenvalue weighted by molar-refractivity contribution is 5.85. The van der Waals surface area contributed by atoms with E-state index < -0.39 is 0 Å². The highest BCUT2D eigenvalue weighted by Crippen LogP contribution is 2.27. The van der Waals surface area contributed by atoms with E-state index in [4.69, 9.17) is 10.2 Å². The highest BCUT2D eigenvalue weighted by Gasteiger charge is 2.13. The highest BCUT2D eigenvalue weighted by atomic mass is 16.4. The number of nitrogens with zero attached hydrogens (tertiary/aromatic N) is 1. The number of pyridine rings is 1. The molecule has 0 fully saturated rings. The molecule has 2 heterocycles. The van der Waals surface area contributed by atoms with Crippen LogP contribution in [0, 0.1) is 6.92 Å². The number of rotatable bonds is 3. The molecule has 0 aliphatic heterocycles. The van der Waals surface area contributed by atoms with Crippen molar-refractivity contribution in [1.29, 1.82) is 0 Å². The molecule has 0 aliphatic rings. The maximum absolute atomic E-state index is 12.6. The molecule has 2 N–H and O–H groups in total. The van der Waals surface area contributed by atoms with E-state index >= 15 is 0 Å². The minimum absolute atomic E-state index is 0.302. The van der Waals surface area contributed by atoms with Crippen LogP contribution in [0.5, 0.6) is 0 Å². The number of aromatic nitrogens is 1. The van der Waals surface area contributed by atoms with Gasteiger partial charge in [0.15, 0.2) is 0 Å². The largest absolute Gasteiger partial charge is 0.422 e. The Bertz CT molecular complexity index is 1150. The van der Waals surface area contributed by atoms with Crippen LogP contribution in [0.15, 0.2) is 76.2 Å². The molecule has 0 saturated heterocycles. The minimum Gasteiger partial charge on any atom is -0.422 e. The lowest BCUT2D eigenvalue weighted by Crippen LogP contribution is -2.11. The van der Waals surface area contributed by atoms with Gasteiger partial charge in [0, 0.05) is 35.5 Å². The second-order valence-electron chi connectivity index (χ2n) is 6.36. The maximum atomic E-state index is 12.6. The van der Waals surface area contributed by atoms with Crippen LogP contribution in [-0.4, -0.2) is 4.98 Å². The lowest BCUT2D eigenvalue weighted by molar-refractivity contribution is 0.551. The van der Waals surface area contributed by atoms with Gasteiger partial charge in [-0.15, -0.1) is 0 Å². The van der Waals surface area contributed by atoms with Crippen molar-refractivity contribution in [3.05, 3.63) is 94.1 Å². The first-order chi connectivity index (χ1) is 12.6. The first-order valence-electron chi connectivity index (χ1n) is 8.43. The SMILES string of the molecule is Cc1c(Cc2cccc(N)c2)c(=O)oc2cc(-c3ccncc3)ccc12. The van der Waals surface area contributed by atoms with Crippen molar-refractivity contribution in [2.45, 2.75) is 13.3 Å². The summed E-state index contributed by atoms with van der Waals surface area (Å²) in [5.74, 6) is 0. The molecule has 0 radical (unpaired) electrons. The molecule has 0 bridgehead atoms. The Morgan fingerprint density at radius 1 is 1.00 bits per heavy atom. The van der Waals surface area contributed by atoms with Crippen LogP contribution in [0.4, 0.5) is 5.69 Å². The molecule has 2 aromatic heterocycles. The zero-order valence-electron chi connectivity index (χ0n) is 14.4. The Hall–Kier alpha value is -3.40. The van der Waals surface area contributed by atoms with E-state index in [2.05, 4.69) is 4.98 Å². The van der Waals surface area contributed by atoms with E-state index in [-0.39, 0.29) is 5.63 Å². The third kappa shape index (κ3) is 2.97. The van der Waals surface area contributed by atoms with Gasteiger partial charge in [-0.3, -0.25) is 4.98 Å². The molecule has 0 saturated carbocycles. The summed E-state index contributed by atoms with van der Waals surface area (Å²) in [6.45, 7) is 1.97. The Kier molecular flexibility index (Phi) is 4.01. The number of aryl methyl sites for hydroxylation is 1. The van der Waals surface area contributed by atoms with Crippen molar-refractivity contribution >= 4 is 16.7 Å². The third-order valence-electron chi connectivity index (χ3n) is 4.63. The molecular formula is C22H18N2O2. The number of hydrogen-bond donors (Lipinski definition) is 1. The van der Waals surface area contributed by atoms with Crippen molar-refractivity contribution in [2.75, 3.05) is 5.73 Å². The van der Waals surface area contributed by atoms with Crippen LogP contribution < -0.4 is 11.4 Å². The number of anilines is 1. The second kappa shape index (κ2) is 6.48. The number of benzene rings is 2. The van der Waals surface area contributed by atoms with Gasteiger partial charge in [-0.05, 0) is 59.5 Å². The molecule has 26 heavy (non-hydrogen) atoms.